The van der Waals surface area contributed by atoms with Crippen LogP contribution in [0.4, 0.5) is 11.6 Å². The summed E-state index contributed by atoms with van der Waals surface area (Å²) >= 11 is 0. The number of furan rings is 1. The van der Waals surface area contributed by atoms with E-state index in [2.05, 4.69) is 5.32 Å². The van der Waals surface area contributed by atoms with E-state index in [1.807, 2.05) is 36.4 Å². The van der Waals surface area contributed by atoms with Crippen molar-refractivity contribution in [3.05, 3.63) is 105 Å². The third-order valence-electron chi connectivity index (χ3n) is 5.11. The second-order valence-electron chi connectivity index (χ2n) is 7.01. The number of nitrogens with one attached hydrogen (secondary N) is 1. The van der Waals surface area contributed by atoms with Crippen molar-refractivity contribution < 1.29 is 13.8 Å². The first kappa shape index (κ1) is 18.6. The summed E-state index contributed by atoms with van der Waals surface area (Å²) in [6, 6.07) is 23.0. The Balaban J connectivity index is 1.80. The fourth-order valence-electron chi connectivity index (χ4n) is 3.71. The molecule has 5 rings (SSSR count). The second-order valence-corrected chi connectivity index (χ2v) is 7.01. The summed E-state index contributed by atoms with van der Waals surface area (Å²) in [7, 11) is 0. The SMILES string of the molecule is O=c1oc2ccccc2c2oc(NCc3ccccc3)c(-c3ccccc3[N+](=O)[O-])c12. The molecule has 0 unspecified atom stereocenters. The molecule has 0 radical (unpaired) electrons. The molecule has 3 aromatic carbocycles. The molecule has 31 heavy (non-hydrogen) atoms. The number of nitro groups is 1. The number of hydrogen-bond acceptors (Lipinski definition) is 6. The van der Waals surface area contributed by atoms with Gasteiger partial charge < -0.3 is 14.2 Å². The number of hydrogen-bond donors (Lipinski definition) is 1. The number of para-hydroxylation sites is 2. The highest BCUT2D eigenvalue weighted by Gasteiger charge is 2.27. The molecule has 1 N–H and O–H groups in total. The molecule has 0 aliphatic rings. The molecule has 7 heteroatoms. The maximum atomic E-state index is 12.9. The maximum Gasteiger partial charge on any atom is 0.348 e. The van der Waals surface area contributed by atoms with Crippen LogP contribution >= 0.6 is 0 Å². The van der Waals surface area contributed by atoms with Crippen LogP contribution in [-0.2, 0) is 6.54 Å². The molecule has 0 spiro atoms. The van der Waals surface area contributed by atoms with Crippen molar-refractivity contribution in [1.29, 1.82) is 0 Å². The molecule has 152 valence electrons. The van der Waals surface area contributed by atoms with E-state index in [1.54, 1.807) is 36.4 Å². The van der Waals surface area contributed by atoms with Crippen LogP contribution in [0.15, 0.2) is 92.5 Å². The number of nitro benzene ring substituents is 1. The third kappa shape index (κ3) is 3.22. The molecule has 2 aromatic heterocycles. The van der Waals surface area contributed by atoms with Crippen LogP contribution in [0, 0.1) is 10.1 Å². The number of benzene rings is 3. The van der Waals surface area contributed by atoms with Crippen molar-refractivity contribution in [1.82, 2.24) is 0 Å². The van der Waals surface area contributed by atoms with Crippen LogP contribution in [0.1, 0.15) is 5.56 Å². The molecule has 5 aromatic rings. The Labute approximate surface area is 175 Å². The minimum Gasteiger partial charge on any atom is -0.439 e. The first-order valence-corrected chi connectivity index (χ1v) is 9.63. The highest BCUT2D eigenvalue weighted by molar-refractivity contribution is 6.10. The highest BCUT2D eigenvalue weighted by Crippen LogP contribution is 2.43. The molecular weight excluding hydrogens is 396 g/mol. The zero-order valence-corrected chi connectivity index (χ0v) is 16.2. The van der Waals surface area contributed by atoms with E-state index < -0.39 is 10.5 Å². The Morgan fingerprint density at radius 3 is 2.39 bits per heavy atom. The monoisotopic (exact) mass is 412 g/mol. The Kier molecular flexibility index (Phi) is 4.48. The minimum atomic E-state index is -0.613. The van der Waals surface area contributed by atoms with Crippen molar-refractivity contribution >= 4 is 33.5 Å². The number of fused-ring (bicyclic) bond motifs is 3. The van der Waals surface area contributed by atoms with E-state index in [0.717, 1.165) is 5.56 Å². The van der Waals surface area contributed by atoms with Crippen molar-refractivity contribution in [2.75, 3.05) is 5.32 Å². The molecule has 0 fully saturated rings. The average molecular weight is 412 g/mol. The van der Waals surface area contributed by atoms with Crippen LogP contribution in [0.3, 0.4) is 0 Å². The van der Waals surface area contributed by atoms with Gasteiger partial charge in [0.05, 0.1) is 21.4 Å². The van der Waals surface area contributed by atoms with Crippen molar-refractivity contribution in [3.63, 3.8) is 0 Å². The van der Waals surface area contributed by atoms with Crippen LogP contribution in [-0.4, -0.2) is 4.92 Å². The summed E-state index contributed by atoms with van der Waals surface area (Å²) in [6.07, 6.45) is 0. The van der Waals surface area contributed by atoms with Gasteiger partial charge in [0.15, 0.2) is 5.58 Å². The summed E-state index contributed by atoms with van der Waals surface area (Å²) in [5, 5.41) is 15.7. The van der Waals surface area contributed by atoms with Gasteiger partial charge in [-0.25, -0.2) is 4.79 Å². The van der Waals surface area contributed by atoms with Gasteiger partial charge >= 0.3 is 5.63 Å². The topological polar surface area (TPSA) is 98.5 Å². The van der Waals surface area contributed by atoms with Crippen LogP contribution in [0.5, 0.6) is 0 Å². The van der Waals surface area contributed by atoms with Gasteiger partial charge in [0.1, 0.15) is 11.0 Å². The first-order valence-electron chi connectivity index (χ1n) is 9.63. The number of anilines is 1. The fraction of sp³-hybridized carbons (Fsp3) is 0.0417. The molecule has 0 saturated carbocycles. The van der Waals surface area contributed by atoms with E-state index in [1.165, 1.54) is 6.07 Å². The normalized spacial score (nSPS) is 11.1. The largest absolute Gasteiger partial charge is 0.439 e. The Bertz CT molecular complexity index is 1480. The predicted molar refractivity (Wildman–Crippen MR) is 118 cm³/mol. The second kappa shape index (κ2) is 7.46. The maximum absolute atomic E-state index is 12.9. The van der Waals surface area contributed by atoms with Crippen LogP contribution in [0.25, 0.3) is 33.1 Å². The van der Waals surface area contributed by atoms with Gasteiger partial charge in [-0.15, -0.1) is 0 Å². The van der Waals surface area contributed by atoms with Gasteiger partial charge in [0.25, 0.3) is 5.69 Å². The van der Waals surface area contributed by atoms with E-state index in [0.29, 0.717) is 28.7 Å². The molecule has 0 amide bonds. The molecule has 0 bridgehead atoms. The quantitative estimate of drug-likeness (QED) is 0.225. The smallest absolute Gasteiger partial charge is 0.348 e. The predicted octanol–water partition coefficient (Wildman–Crippen LogP) is 5.73. The van der Waals surface area contributed by atoms with E-state index >= 15 is 0 Å². The Morgan fingerprint density at radius 2 is 1.58 bits per heavy atom. The van der Waals surface area contributed by atoms with E-state index in [-0.39, 0.29) is 22.5 Å². The van der Waals surface area contributed by atoms with Gasteiger partial charge in [-0.3, -0.25) is 10.1 Å². The van der Waals surface area contributed by atoms with Crippen molar-refractivity contribution in [2.45, 2.75) is 6.54 Å². The van der Waals surface area contributed by atoms with E-state index in [4.69, 9.17) is 8.83 Å². The van der Waals surface area contributed by atoms with E-state index in [9.17, 15) is 14.9 Å². The lowest BCUT2D eigenvalue weighted by Crippen LogP contribution is -2.03. The lowest BCUT2D eigenvalue weighted by atomic mass is 10.0. The van der Waals surface area contributed by atoms with Crippen molar-refractivity contribution in [2.24, 2.45) is 0 Å². The summed E-state index contributed by atoms with van der Waals surface area (Å²) in [5.74, 6) is 0.275. The summed E-state index contributed by atoms with van der Waals surface area (Å²) < 4.78 is 11.6. The first-order chi connectivity index (χ1) is 15.1. The fourth-order valence-corrected chi connectivity index (χ4v) is 3.71. The van der Waals surface area contributed by atoms with Gasteiger partial charge in [-0.05, 0) is 23.8 Å². The molecule has 0 atom stereocenters. The molecule has 0 saturated heterocycles. The van der Waals surface area contributed by atoms with Gasteiger partial charge in [0, 0.05) is 12.6 Å². The number of nitrogens with zero attached hydrogens (tertiary/aromatic N) is 1. The lowest BCUT2D eigenvalue weighted by molar-refractivity contribution is -0.384. The van der Waals surface area contributed by atoms with Gasteiger partial charge in [-0.2, -0.15) is 0 Å². The molecule has 7 nitrogen and oxygen atoms in total. The Morgan fingerprint density at radius 1 is 0.871 bits per heavy atom. The average Bonchev–Trinajstić information content (AvgIpc) is 3.19. The summed E-state index contributed by atoms with van der Waals surface area (Å²) in [5.41, 5.74) is 1.57. The molecule has 0 aliphatic carbocycles. The Hall–Kier alpha value is -4.39. The molecule has 2 heterocycles. The van der Waals surface area contributed by atoms with Gasteiger partial charge in [0.2, 0.25) is 5.88 Å². The molecular formula is C24H16N2O5. The number of rotatable bonds is 5. The molecule has 0 aliphatic heterocycles. The highest BCUT2D eigenvalue weighted by atomic mass is 16.6. The zero-order valence-electron chi connectivity index (χ0n) is 16.2. The standard InChI is InChI=1S/C24H16N2O5/c27-24-21-20(16-10-4-6-12-18(16)26(28)29)23(25-14-15-8-2-1-3-9-15)31-22(21)17-11-5-7-13-19(17)30-24/h1-13,25H,14H2. The van der Waals surface area contributed by atoms with Gasteiger partial charge in [-0.1, -0.05) is 54.6 Å². The van der Waals surface area contributed by atoms with Crippen LogP contribution < -0.4 is 10.9 Å². The third-order valence-corrected chi connectivity index (χ3v) is 5.11. The summed E-state index contributed by atoms with van der Waals surface area (Å²) in [6.45, 7) is 0.414. The van der Waals surface area contributed by atoms with Crippen molar-refractivity contribution in [3.8, 4) is 11.1 Å². The zero-order chi connectivity index (χ0) is 21.4. The lowest BCUT2D eigenvalue weighted by Gasteiger charge is -2.07. The van der Waals surface area contributed by atoms with Crippen LogP contribution in [0.2, 0.25) is 0 Å². The minimum absolute atomic E-state index is 0.125. The summed E-state index contributed by atoms with van der Waals surface area (Å²) in [4.78, 5) is 24.2.